The molecular weight excluding hydrogens is 416 g/mol. The summed E-state index contributed by atoms with van der Waals surface area (Å²) in [7, 11) is 0. The Labute approximate surface area is 137 Å². The lowest BCUT2D eigenvalue weighted by molar-refractivity contribution is 0.603. The molecule has 1 heterocycles. The zero-order chi connectivity index (χ0) is 14.0. The molecule has 0 saturated heterocycles. The van der Waals surface area contributed by atoms with E-state index >= 15 is 0 Å². The van der Waals surface area contributed by atoms with Crippen LogP contribution in [0.25, 0.3) is 0 Å². The molecule has 2 rings (SSSR count). The minimum Gasteiger partial charge on any atom is -0.306 e. The van der Waals surface area contributed by atoms with Crippen LogP contribution in [0.4, 0.5) is 4.39 Å². The quantitative estimate of drug-likeness (QED) is 0.654. The maximum absolute atomic E-state index is 13.5. The number of hydrogen-bond donors (Lipinski definition) is 1. The Kier molecular flexibility index (Phi) is 5.43. The van der Waals surface area contributed by atoms with E-state index in [0.29, 0.717) is 5.02 Å². The van der Waals surface area contributed by atoms with Gasteiger partial charge in [0, 0.05) is 5.02 Å². The number of nitrogens with one attached hydrogen (secondary N) is 1. The van der Waals surface area contributed by atoms with Gasteiger partial charge in [-0.05, 0) is 73.8 Å². The lowest BCUT2D eigenvalue weighted by atomic mass is 10.0. The van der Waals surface area contributed by atoms with Crippen LogP contribution in [0.15, 0.2) is 31.8 Å². The topological polar surface area (TPSA) is 12.0 Å². The third-order valence-electron chi connectivity index (χ3n) is 2.67. The van der Waals surface area contributed by atoms with E-state index in [1.165, 1.54) is 12.1 Å². The molecule has 1 aromatic carbocycles. The normalized spacial score (nSPS) is 12.7. The predicted octanol–water partition coefficient (Wildman–Crippen LogP) is 5.76. The van der Waals surface area contributed by atoms with Gasteiger partial charge < -0.3 is 5.32 Å². The number of halogens is 4. The lowest BCUT2D eigenvalue weighted by Crippen LogP contribution is -2.22. The first-order valence-corrected chi connectivity index (χ1v) is 8.44. The first-order valence-electron chi connectivity index (χ1n) is 5.66. The summed E-state index contributed by atoms with van der Waals surface area (Å²) in [6, 6.07) is 6.32. The summed E-state index contributed by atoms with van der Waals surface area (Å²) in [5, 5.41) is 3.90. The van der Waals surface area contributed by atoms with Crippen molar-refractivity contribution in [3.63, 3.8) is 0 Å². The maximum Gasteiger partial charge on any atom is 0.123 e. The third kappa shape index (κ3) is 3.58. The van der Waals surface area contributed by atoms with Crippen molar-refractivity contribution in [3.8, 4) is 0 Å². The first-order chi connectivity index (χ1) is 9.02. The number of benzene rings is 1. The van der Waals surface area contributed by atoms with Gasteiger partial charge in [-0.25, -0.2) is 4.39 Å². The maximum atomic E-state index is 13.5. The van der Waals surface area contributed by atoms with Gasteiger partial charge in [-0.2, -0.15) is 0 Å². The summed E-state index contributed by atoms with van der Waals surface area (Å²) >= 11 is 14.8. The van der Waals surface area contributed by atoms with Crippen molar-refractivity contribution in [3.05, 3.63) is 53.8 Å². The van der Waals surface area contributed by atoms with Gasteiger partial charge in [0.1, 0.15) is 5.82 Å². The SMILES string of the molecule is CCNC(c1cc(F)ccc1Cl)c1cc(Br)sc1Br. The highest BCUT2D eigenvalue weighted by Gasteiger charge is 2.21. The Morgan fingerprint density at radius 3 is 2.63 bits per heavy atom. The molecule has 0 bridgehead atoms. The molecule has 1 atom stereocenters. The summed E-state index contributed by atoms with van der Waals surface area (Å²) in [6.07, 6.45) is 0. The zero-order valence-corrected chi connectivity index (χ0v) is 14.8. The molecule has 0 fully saturated rings. The Morgan fingerprint density at radius 2 is 2.05 bits per heavy atom. The summed E-state index contributed by atoms with van der Waals surface area (Å²) < 4.78 is 15.5. The largest absolute Gasteiger partial charge is 0.306 e. The van der Waals surface area contributed by atoms with Crippen LogP contribution >= 0.6 is 54.8 Å². The average molecular weight is 428 g/mol. The van der Waals surface area contributed by atoms with Crippen LogP contribution < -0.4 is 5.32 Å². The van der Waals surface area contributed by atoms with E-state index in [9.17, 15) is 4.39 Å². The van der Waals surface area contributed by atoms with Crippen LogP contribution in [0.5, 0.6) is 0 Å². The van der Waals surface area contributed by atoms with Gasteiger partial charge in [0.15, 0.2) is 0 Å². The fraction of sp³-hybridized carbons (Fsp3) is 0.231. The second kappa shape index (κ2) is 6.68. The van der Waals surface area contributed by atoms with Gasteiger partial charge in [-0.1, -0.05) is 18.5 Å². The number of hydrogen-bond acceptors (Lipinski definition) is 2. The lowest BCUT2D eigenvalue weighted by Gasteiger charge is -2.19. The van der Waals surface area contributed by atoms with Crippen molar-refractivity contribution in [1.82, 2.24) is 5.32 Å². The highest BCUT2D eigenvalue weighted by atomic mass is 79.9. The molecule has 0 aliphatic heterocycles. The molecule has 2 aromatic rings. The molecule has 0 spiro atoms. The van der Waals surface area contributed by atoms with Crippen molar-refractivity contribution in [2.24, 2.45) is 0 Å². The van der Waals surface area contributed by atoms with Crippen molar-refractivity contribution in [2.45, 2.75) is 13.0 Å². The van der Waals surface area contributed by atoms with E-state index in [1.807, 2.05) is 13.0 Å². The van der Waals surface area contributed by atoms with E-state index < -0.39 is 0 Å². The van der Waals surface area contributed by atoms with Crippen LogP contribution in [-0.4, -0.2) is 6.54 Å². The Hall–Kier alpha value is 0.0600. The fourth-order valence-corrected chi connectivity index (χ4v) is 5.01. The van der Waals surface area contributed by atoms with E-state index in [0.717, 1.165) is 25.2 Å². The number of thiophene rings is 1. The first kappa shape index (κ1) is 15.4. The van der Waals surface area contributed by atoms with Gasteiger partial charge in [-0.15, -0.1) is 11.3 Å². The van der Waals surface area contributed by atoms with Crippen molar-refractivity contribution in [2.75, 3.05) is 6.54 Å². The molecule has 6 heteroatoms. The minimum atomic E-state index is -0.285. The van der Waals surface area contributed by atoms with Gasteiger partial charge in [0.05, 0.1) is 13.6 Å². The monoisotopic (exact) mass is 425 g/mol. The van der Waals surface area contributed by atoms with E-state index in [4.69, 9.17) is 11.6 Å². The summed E-state index contributed by atoms with van der Waals surface area (Å²) in [6.45, 7) is 2.77. The standard InChI is InChI=1S/C13H11Br2ClFNS/c1-2-18-12(9-6-11(14)19-13(9)15)8-5-7(17)3-4-10(8)16/h3-6,12,18H,2H2,1H3. The Bertz CT molecular complexity index is 588. The van der Waals surface area contributed by atoms with Crippen LogP contribution in [0.1, 0.15) is 24.1 Å². The van der Waals surface area contributed by atoms with Crippen molar-refractivity contribution >= 4 is 54.8 Å². The number of rotatable bonds is 4. The summed E-state index contributed by atoms with van der Waals surface area (Å²) in [4.78, 5) is 0. The molecule has 19 heavy (non-hydrogen) atoms. The highest BCUT2D eigenvalue weighted by molar-refractivity contribution is 9.12. The molecule has 0 aliphatic carbocycles. The van der Waals surface area contributed by atoms with Crippen LogP contribution in [0.3, 0.4) is 0 Å². The van der Waals surface area contributed by atoms with Gasteiger partial charge >= 0.3 is 0 Å². The van der Waals surface area contributed by atoms with E-state index in [2.05, 4.69) is 37.2 Å². The zero-order valence-electron chi connectivity index (χ0n) is 10.0. The smallest absolute Gasteiger partial charge is 0.123 e. The van der Waals surface area contributed by atoms with Gasteiger partial charge in [-0.3, -0.25) is 0 Å². The van der Waals surface area contributed by atoms with Gasteiger partial charge in [0.25, 0.3) is 0 Å². The fourth-order valence-electron chi connectivity index (χ4n) is 1.88. The molecule has 0 amide bonds. The molecule has 1 nitrogen and oxygen atoms in total. The van der Waals surface area contributed by atoms with Crippen LogP contribution in [0.2, 0.25) is 5.02 Å². The Morgan fingerprint density at radius 1 is 1.32 bits per heavy atom. The third-order valence-corrected chi connectivity index (χ3v) is 5.40. The second-order valence-corrected chi connectivity index (χ2v) is 8.09. The van der Waals surface area contributed by atoms with Gasteiger partial charge in [0.2, 0.25) is 0 Å². The predicted molar refractivity (Wildman–Crippen MR) is 86.6 cm³/mol. The summed E-state index contributed by atoms with van der Waals surface area (Å²) in [5.41, 5.74) is 1.79. The molecule has 1 N–H and O–H groups in total. The molecule has 0 radical (unpaired) electrons. The molecule has 0 aliphatic rings. The van der Waals surface area contributed by atoms with Crippen molar-refractivity contribution < 1.29 is 4.39 Å². The van der Waals surface area contributed by atoms with Crippen LogP contribution in [0, 0.1) is 5.82 Å². The molecule has 0 saturated carbocycles. The van der Waals surface area contributed by atoms with Crippen LogP contribution in [-0.2, 0) is 0 Å². The van der Waals surface area contributed by atoms with Crippen molar-refractivity contribution in [1.29, 1.82) is 0 Å². The van der Waals surface area contributed by atoms with E-state index in [1.54, 1.807) is 17.4 Å². The molecular formula is C13H11Br2ClFNS. The average Bonchev–Trinajstić information content (AvgIpc) is 2.69. The second-order valence-electron chi connectivity index (χ2n) is 3.94. The highest BCUT2D eigenvalue weighted by Crippen LogP contribution is 2.39. The minimum absolute atomic E-state index is 0.134. The molecule has 102 valence electrons. The Balaban J connectivity index is 2.51. The molecule has 1 aromatic heterocycles. The molecule has 1 unspecified atom stereocenters. The summed E-state index contributed by atoms with van der Waals surface area (Å²) in [5.74, 6) is -0.285. The van der Waals surface area contributed by atoms with E-state index in [-0.39, 0.29) is 11.9 Å².